The summed E-state index contributed by atoms with van der Waals surface area (Å²) in [4.78, 5) is 21.5. The van der Waals surface area contributed by atoms with Crippen molar-refractivity contribution in [1.29, 1.82) is 0 Å². The van der Waals surface area contributed by atoms with E-state index >= 15 is 0 Å². The molecule has 0 saturated carbocycles. The maximum Gasteiger partial charge on any atom is 0.347 e. The van der Waals surface area contributed by atoms with Crippen LogP contribution in [-0.4, -0.2) is 22.8 Å². The van der Waals surface area contributed by atoms with Crippen LogP contribution in [0.1, 0.15) is 18.4 Å². The number of rotatable bonds is 6. The van der Waals surface area contributed by atoms with Gasteiger partial charge in [0, 0.05) is 30.0 Å². The number of benzene rings is 1. The minimum Gasteiger partial charge on any atom is -0.479 e. The Kier molecular flexibility index (Phi) is 5.40. The molecule has 1 aliphatic rings. The number of nitrogens with one attached hydrogen (secondary N) is 1. The van der Waals surface area contributed by atoms with Crippen LogP contribution in [0.4, 0.5) is 8.78 Å². The Morgan fingerprint density at radius 3 is 2.88 bits per heavy atom. The molecule has 2 aromatic rings. The molecule has 0 aliphatic carbocycles. The van der Waals surface area contributed by atoms with E-state index in [0.717, 1.165) is 17.7 Å². The Morgan fingerprint density at radius 2 is 2.15 bits per heavy atom. The molecular weight excluding hydrogens is 344 g/mol. The largest absolute Gasteiger partial charge is 0.479 e. The Labute approximate surface area is 148 Å². The lowest BCUT2D eigenvalue weighted by Gasteiger charge is -2.16. The van der Waals surface area contributed by atoms with Crippen LogP contribution in [0.5, 0.6) is 11.6 Å². The maximum atomic E-state index is 13.2. The molecular formula is C18H17F2N3O3. The van der Waals surface area contributed by atoms with E-state index in [0.29, 0.717) is 31.2 Å². The summed E-state index contributed by atoms with van der Waals surface area (Å²) in [6.45, 7) is 2.20. The molecule has 1 atom stereocenters. The van der Waals surface area contributed by atoms with E-state index in [-0.39, 0.29) is 11.7 Å². The third-order valence-electron chi connectivity index (χ3n) is 3.81. The van der Waals surface area contributed by atoms with Crippen molar-refractivity contribution in [1.82, 2.24) is 9.97 Å². The molecule has 6 nitrogen and oxygen atoms in total. The zero-order chi connectivity index (χ0) is 18.5. The highest BCUT2D eigenvalue weighted by atomic mass is 19.2. The van der Waals surface area contributed by atoms with Crippen molar-refractivity contribution in [2.75, 3.05) is 6.61 Å². The number of halogens is 2. The fourth-order valence-corrected chi connectivity index (χ4v) is 2.37. The Bertz CT molecular complexity index is 909. The second kappa shape index (κ2) is 7.90. The molecule has 1 unspecified atom stereocenters. The number of aromatic amines is 1. The number of hydrogen-bond donors (Lipinski definition) is 1. The highest BCUT2D eigenvalue weighted by Gasteiger charge is 2.13. The van der Waals surface area contributed by atoms with Gasteiger partial charge in [-0.2, -0.15) is 0 Å². The summed E-state index contributed by atoms with van der Waals surface area (Å²) < 4.78 is 37.1. The first-order chi connectivity index (χ1) is 12.5. The van der Waals surface area contributed by atoms with Crippen molar-refractivity contribution < 1.29 is 18.3 Å². The molecule has 0 bridgehead atoms. The first-order valence-electron chi connectivity index (χ1n) is 8.07. The van der Waals surface area contributed by atoms with E-state index in [1.165, 1.54) is 12.3 Å². The van der Waals surface area contributed by atoms with Gasteiger partial charge in [-0.15, -0.1) is 0 Å². The molecule has 0 saturated heterocycles. The molecule has 0 spiro atoms. The van der Waals surface area contributed by atoms with Gasteiger partial charge in [0.2, 0.25) is 5.88 Å². The molecule has 136 valence electrons. The van der Waals surface area contributed by atoms with Crippen LogP contribution in [0, 0.1) is 24.5 Å². The molecule has 8 heteroatoms. The number of hydrogen-bond acceptors (Lipinski definition) is 5. The molecule has 0 radical (unpaired) electrons. The normalized spacial score (nSPS) is 16.3. The predicted octanol–water partition coefficient (Wildman–Crippen LogP) is 3.14. The van der Waals surface area contributed by atoms with Gasteiger partial charge >= 0.3 is 5.69 Å². The Morgan fingerprint density at radius 1 is 1.31 bits per heavy atom. The number of aromatic nitrogens is 2. The summed E-state index contributed by atoms with van der Waals surface area (Å²) in [5, 5.41) is 0. The van der Waals surface area contributed by atoms with Crippen molar-refractivity contribution in [3.63, 3.8) is 0 Å². The third kappa shape index (κ3) is 4.53. The molecule has 1 N–H and O–H groups in total. The number of aliphatic imine (C=N–C) groups is 1. The minimum absolute atomic E-state index is 0.154. The highest BCUT2D eigenvalue weighted by Crippen LogP contribution is 2.22. The molecule has 1 aromatic carbocycles. The molecule has 26 heavy (non-hydrogen) atoms. The fourth-order valence-electron chi connectivity index (χ4n) is 2.37. The average molecular weight is 361 g/mol. The molecule has 3 rings (SSSR count). The first kappa shape index (κ1) is 17.8. The smallest absolute Gasteiger partial charge is 0.347 e. The standard InChI is InChI=1S/C18H17F2N3O3/c1-11-9-22-18(24)23-17(11)25-7-6-12-2-5-16(21-10-12)26-13-3-4-14(19)15(20)8-13/h3-5,8-10,12H,2,6-7H2,1H3,(H,22,23,24). The summed E-state index contributed by atoms with van der Waals surface area (Å²) in [6.07, 6.45) is 6.35. The highest BCUT2D eigenvalue weighted by molar-refractivity contribution is 5.63. The third-order valence-corrected chi connectivity index (χ3v) is 3.81. The summed E-state index contributed by atoms with van der Waals surface area (Å²) in [5.41, 5.74) is 0.302. The predicted molar refractivity (Wildman–Crippen MR) is 91.4 cm³/mol. The van der Waals surface area contributed by atoms with E-state index in [2.05, 4.69) is 15.0 Å². The van der Waals surface area contributed by atoms with E-state index in [9.17, 15) is 13.6 Å². The van der Waals surface area contributed by atoms with Crippen molar-refractivity contribution >= 4 is 6.21 Å². The summed E-state index contributed by atoms with van der Waals surface area (Å²) in [7, 11) is 0. The zero-order valence-electron chi connectivity index (χ0n) is 14.0. The van der Waals surface area contributed by atoms with Gasteiger partial charge in [0.25, 0.3) is 0 Å². The van der Waals surface area contributed by atoms with Crippen LogP contribution < -0.4 is 15.2 Å². The molecule has 2 heterocycles. The van der Waals surface area contributed by atoms with Gasteiger partial charge in [-0.05, 0) is 38.0 Å². The second-order valence-electron chi connectivity index (χ2n) is 5.83. The molecule has 0 amide bonds. The van der Waals surface area contributed by atoms with Crippen LogP contribution in [0.25, 0.3) is 0 Å². The number of allylic oxidation sites excluding steroid dienone is 1. The molecule has 1 aromatic heterocycles. The lowest BCUT2D eigenvalue weighted by atomic mass is 10.0. The lowest BCUT2D eigenvalue weighted by Crippen LogP contribution is -2.15. The van der Waals surface area contributed by atoms with Crippen LogP contribution in [0.2, 0.25) is 0 Å². The van der Waals surface area contributed by atoms with Crippen molar-refractivity contribution in [3.05, 3.63) is 64.0 Å². The molecule has 0 fully saturated rings. The van der Waals surface area contributed by atoms with Gasteiger partial charge in [0.15, 0.2) is 17.5 Å². The lowest BCUT2D eigenvalue weighted by molar-refractivity contribution is 0.281. The van der Waals surface area contributed by atoms with Crippen molar-refractivity contribution in [2.24, 2.45) is 10.9 Å². The maximum absolute atomic E-state index is 13.2. The van der Waals surface area contributed by atoms with E-state index in [1.807, 2.05) is 0 Å². The second-order valence-corrected chi connectivity index (χ2v) is 5.83. The summed E-state index contributed by atoms with van der Waals surface area (Å²) in [6, 6.07) is 3.32. The number of H-pyrrole nitrogens is 1. The zero-order valence-corrected chi connectivity index (χ0v) is 14.0. The van der Waals surface area contributed by atoms with Crippen molar-refractivity contribution in [3.8, 4) is 11.6 Å². The van der Waals surface area contributed by atoms with E-state index in [1.54, 1.807) is 19.2 Å². The Hall–Kier alpha value is -3.03. The average Bonchev–Trinajstić information content (AvgIpc) is 2.63. The first-order valence-corrected chi connectivity index (χ1v) is 8.07. The Balaban J connectivity index is 1.48. The van der Waals surface area contributed by atoms with Crippen LogP contribution in [-0.2, 0) is 0 Å². The van der Waals surface area contributed by atoms with Gasteiger partial charge in [-0.3, -0.25) is 4.98 Å². The number of aryl methyl sites for hydroxylation is 1. The number of nitrogens with zero attached hydrogens (tertiary/aromatic N) is 2. The van der Waals surface area contributed by atoms with E-state index < -0.39 is 17.3 Å². The van der Waals surface area contributed by atoms with Gasteiger partial charge < -0.3 is 9.47 Å². The van der Waals surface area contributed by atoms with Gasteiger partial charge in [-0.25, -0.2) is 23.6 Å². The molecule has 1 aliphatic heterocycles. The topological polar surface area (TPSA) is 76.6 Å². The van der Waals surface area contributed by atoms with E-state index in [4.69, 9.17) is 9.47 Å². The van der Waals surface area contributed by atoms with Crippen LogP contribution >= 0.6 is 0 Å². The van der Waals surface area contributed by atoms with Gasteiger partial charge in [0.1, 0.15) is 5.75 Å². The van der Waals surface area contributed by atoms with Crippen LogP contribution in [0.3, 0.4) is 0 Å². The SMILES string of the molecule is Cc1cnc(=O)[nH]c1OCCC1C=NC(Oc2ccc(F)c(F)c2)=CC1. The summed E-state index contributed by atoms with van der Waals surface area (Å²) in [5.74, 6) is -0.808. The van der Waals surface area contributed by atoms with Gasteiger partial charge in [-0.1, -0.05) is 0 Å². The monoisotopic (exact) mass is 361 g/mol. The summed E-state index contributed by atoms with van der Waals surface area (Å²) >= 11 is 0. The van der Waals surface area contributed by atoms with Crippen LogP contribution in [0.15, 0.2) is 46.1 Å². The fraction of sp³-hybridized carbons (Fsp3) is 0.278. The number of ether oxygens (including phenoxy) is 2. The minimum atomic E-state index is -0.970. The quantitative estimate of drug-likeness (QED) is 0.858. The van der Waals surface area contributed by atoms with Crippen molar-refractivity contribution in [2.45, 2.75) is 19.8 Å². The van der Waals surface area contributed by atoms with Gasteiger partial charge in [0.05, 0.1) is 6.61 Å².